The van der Waals surface area contributed by atoms with Gasteiger partial charge < -0.3 is 10.2 Å². The van der Waals surface area contributed by atoms with Crippen LogP contribution >= 0.6 is 0 Å². The molecule has 88 valence electrons. The fourth-order valence-corrected chi connectivity index (χ4v) is 1.18. The summed E-state index contributed by atoms with van der Waals surface area (Å²) in [5.41, 5.74) is -0.481. The molecule has 0 aliphatic rings. The Hall–Kier alpha value is -2.05. The third-order valence-electron chi connectivity index (χ3n) is 1.95. The molecule has 0 aromatic carbocycles. The zero-order chi connectivity index (χ0) is 12.3. The molecule has 16 heavy (non-hydrogen) atoms. The number of hydrogen-bond acceptors (Lipinski definition) is 4. The normalized spacial score (nSPS) is 9.94. The molecule has 7 heteroatoms. The van der Waals surface area contributed by atoms with Crippen molar-refractivity contribution in [1.29, 1.82) is 0 Å². The molecule has 0 bridgehead atoms. The average molecular weight is 225 g/mol. The van der Waals surface area contributed by atoms with Crippen LogP contribution in [0, 0.1) is 0 Å². The lowest BCUT2D eigenvalue weighted by Crippen LogP contribution is -2.37. The van der Waals surface area contributed by atoms with Crippen molar-refractivity contribution in [2.24, 2.45) is 7.05 Å². The van der Waals surface area contributed by atoms with Crippen LogP contribution in [0.3, 0.4) is 0 Å². The Labute approximate surface area is 93.0 Å². The summed E-state index contributed by atoms with van der Waals surface area (Å²) in [5, 5.41) is 6.39. The van der Waals surface area contributed by atoms with Crippen LogP contribution in [0.1, 0.15) is 0 Å². The van der Waals surface area contributed by atoms with E-state index in [1.807, 2.05) is 0 Å². The maximum Gasteiger partial charge on any atom is 0.355 e. The highest BCUT2D eigenvalue weighted by Crippen LogP contribution is 2.00. The van der Waals surface area contributed by atoms with Crippen LogP contribution in [0.4, 0.5) is 10.7 Å². The second-order valence-electron chi connectivity index (χ2n) is 3.42. The van der Waals surface area contributed by atoms with E-state index in [9.17, 15) is 9.59 Å². The van der Waals surface area contributed by atoms with Gasteiger partial charge >= 0.3 is 11.7 Å². The summed E-state index contributed by atoms with van der Waals surface area (Å²) in [6.45, 7) is 3.75. The number of nitrogens with zero attached hydrogens (tertiary/aromatic N) is 4. The molecule has 0 unspecified atom stereocenters. The molecule has 1 N–H and O–H groups in total. The highest BCUT2D eigenvalue weighted by Gasteiger charge is 2.16. The Bertz CT molecular complexity index is 457. The summed E-state index contributed by atoms with van der Waals surface area (Å²) < 4.78 is 2.09. The number of anilines is 1. The molecule has 0 saturated heterocycles. The minimum Gasteiger partial charge on any atom is -0.347 e. The molecule has 0 saturated carbocycles. The third kappa shape index (κ3) is 2.13. The zero-order valence-electron chi connectivity index (χ0n) is 9.60. The number of carbonyl (C=O) groups is 1. The van der Waals surface area contributed by atoms with Crippen molar-refractivity contribution in [3.05, 3.63) is 23.1 Å². The third-order valence-corrected chi connectivity index (χ3v) is 1.95. The summed E-state index contributed by atoms with van der Waals surface area (Å²) >= 11 is 0. The van der Waals surface area contributed by atoms with Crippen LogP contribution in [0.2, 0.25) is 0 Å². The molecule has 0 aliphatic carbocycles. The molecular formula is C9H15N5O2. The van der Waals surface area contributed by atoms with Gasteiger partial charge in [0.2, 0.25) is 5.95 Å². The van der Waals surface area contributed by atoms with Gasteiger partial charge in [-0.2, -0.15) is 0 Å². The summed E-state index contributed by atoms with van der Waals surface area (Å²) in [6, 6.07) is -0.561. The number of aromatic nitrogens is 3. The van der Waals surface area contributed by atoms with Gasteiger partial charge in [0.1, 0.15) is 0 Å². The van der Waals surface area contributed by atoms with E-state index < -0.39 is 11.7 Å². The Balaban J connectivity index is 3.06. The van der Waals surface area contributed by atoms with Crippen LogP contribution in [0.25, 0.3) is 0 Å². The minimum atomic E-state index is -0.561. The monoisotopic (exact) mass is 225 g/mol. The van der Waals surface area contributed by atoms with Crippen molar-refractivity contribution in [3.63, 3.8) is 0 Å². The first-order valence-electron chi connectivity index (χ1n) is 4.71. The van der Waals surface area contributed by atoms with Crippen LogP contribution in [-0.2, 0) is 7.05 Å². The molecule has 0 spiro atoms. The summed E-state index contributed by atoms with van der Waals surface area (Å²) in [7, 11) is 5.05. The number of nitrogens with one attached hydrogen (secondary N) is 1. The van der Waals surface area contributed by atoms with Crippen molar-refractivity contribution < 1.29 is 4.79 Å². The van der Waals surface area contributed by atoms with Crippen molar-refractivity contribution in [2.45, 2.75) is 0 Å². The molecule has 1 rings (SSSR count). The van der Waals surface area contributed by atoms with Crippen molar-refractivity contribution in [3.8, 4) is 0 Å². The quantitative estimate of drug-likeness (QED) is 0.697. The number of hydrogen-bond donors (Lipinski definition) is 1. The van der Waals surface area contributed by atoms with Gasteiger partial charge in [0.25, 0.3) is 0 Å². The number of amides is 1. The van der Waals surface area contributed by atoms with Crippen molar-refractivity contribution in [2.75, 3.05) is 25.5 Å². The van der Waals surface area contributed by atoms with Gasteiger partial charge in [-0.1, -0.05) is 6.08 Å². The molecule has 0 atom stereocenters. The first kappa shape index (κ1) is 12.0. The SMILES string of the molecule is C=CCNC(=O)n1nc(N(C)C)n(C)c1=O. The number of rotatable bonds is 3. The van der Waals surface area contributed by atoms with E-state index in [1.54, 1.807) is 26.0 Å². The summed E-state index contributed by atoms with van der Waals surface area (Å²) in [5.74, 6) is 0.416. The number of carbonyl (C=O) groups excluding carboxylic acids is 1. The van der Waals surface area contributed by atoms with E-state index in [4.69, 9.17) is 0 Å². The standard InChI is InChI=1S/C9H15N5O2/c1-5-6-10-8(15)14-9(16)13(4)7(11-14)12(2)3/h5H,1,6H2,2-4H3,(H,10,15). The Morgan fingerprint density at radius 2 is 2.25 bits per heavy atom. The minimum absolute atomic E-state index is 0.291. The zero-order valence-corrected chi connectivity index (χ0v) is 9.60. The van der Waals surface area contributed by atoms with E-state index in [0.717, 1.165) is 4.68 Å². The summed E-state index contributed by atoms with van der Waals surface area (Å²) in [6.07, 6.45) is 1.53. The van der Waals surface area contributed by atoms with Gasteiger partial charge in [-0.25, -0.2) is 9.59 Å². The smallest absolute Gasteiger partial charge is 0.347 e. The lowest BCUT2D eigenvalue weighted by molar-refractivity contribution is 0.239. The molecule has 0 radical (unpaired) electrons. The van der Waals surface area contributed by atoms with E-state index in [-0.39, 0.29) is 0 Å². The lowest BCUT2D eigenvalue weighted by Gasteiger charge is -2.08. The van der Waals surface area contributed by atoms with Crippen LogP contribution in [0.15, 0.2) is 17.4 Å². The maximum absolute atomic E-state index is 11.6. The lowest BCUT2D eigenvalue weighted by atomic mass is 10.6. The average Bonchev–Trinajstić information content (AvgIpc) is 2.53. The van der Waals surface area contributed by atoms with E-state index >= 15 is 0 Å². The van der Waals surface area contributed by atoms with Crippen LogP contribution in [0.5, 0.6) is 0 Å². The highest BCUT2D eigenvalue weighted by molar-refractivity contribution is 5.75. The predicted octanol–water partition coefficient (Wildman–Crippen LogP) is -0.608. The topological polar surface area (TPSA) is 72.2 Å². The van der Waals surface area contributed by atoms with Gasteiger partial charge in [-0.15, -0.1) is 16.4 Å². The molecule has 1 aromatic rings. The molecule has 7 nitrogen and oxygen atoms in total. The first-order chi connectivity index (χ1) is 7.49. The van der Waals surface area contributed by atoms with Gasteiger partial charge in [-0.3, -0.25) is 4.57 Å². The Kier molecular flexibility index (Phi) is 3.49. The second kappa shape index (κ2) is 4.65. The first-order valence-corrected chi connectivity index (χ1v) is 4.71. The molecular weight excluding hydrogens is 210 g/mol. The Morgan fingerprint density at radius 1 is 1.62 bits per heavy atom. The second-order valence-corrected chi connectivity index (χ2v) is 3.42. The maximum atomic E-state index is 11.6. The van der Waals surface area contributed by atoms with Gasteiger partial charge in [0, 0.05) is 27.7 Å². The van der Waals surface area contributed by atoms with E-state index in [1.165, 1.54) is 10.6 Å². The fraction of sp³-hybridized carbons (Fsp3) is 0.444. The van der Waals surface area contributed by atoms with Gasteiger partial charge in [-0.05, 0) is 0 Å². The highest BCUT2D eigenvalue weighted by atomic mass is 16.2. The van der Waals surface area contributed by atoms with Crippen LogP contribution in [-0.4, -0.2) is 41.0 Å². The van der Waals surface area contributed by atoms with Crippen LogP contribution < -0.4 is 15.9 Å². The van der Waals surface area contributed by atoms with E-state index in [2.05, 4.69) is 17.0 Å². The van der Waals surface area contributed by atoms with Gasteiger partial charge in [0.05, 0.1) is 0 Å². The van der Waals surface area contributed by atoms with E-state index in [0.29, 0.717) is 12.5 Å². The largest absolute Gasteiger partial charge is 0.355 e. The van der Waals surface area contributed by atoms with Crippen molar-refractivity contribution >= 4 is 12.0 Å². The predicted molar refractivity (Wildman–Crippen MR) is 60.8 cm³/mol. The fourth-order valence-electron chi connectivity index (χ4n) is 1.18. The van der Waals surface area contributed by atoms with Gasteiger partial charge in [0.15, 0.2) is 0 Å². The molecule has 1 amide bonds. The molecule has 1 heterocycles. The molecule has 0 fully saturated rings. The Morgan fingerprint density at radius 3 is 2.69 bits per heavy atom. The van der Waals surface area contributed by atoms with Crippen molar-refractivity contribution in [1.82, 2.24) is 19.7 Å². The molecule has 1 aromatic heterocycles. The molecule has 0 aliphatic heterocycles. The summed E-state index contributed by atoms with van der Waals surface area (Å²) in [4.78, 5) is 24.8.